The fraction of sp³-hybridized carbons (Fsp3) is 0.320. The molecule has 1 aromatic heterocycles. The van der Waals surface area contributed by atoms with Gasteiger partial charge in [0.2, 0.25) is 0 Å². The number of aromatic nitrogens is 1. The molecule has 0 fully saturated rings. The molecule has 3 aromatic rings. The van der Waals surface area contributed by atoms with Gasteiger partial charge in [-0.2, -0.15) is 0 Å². The maximum absolute atomic E-state index is 13.2. The summed E-state index contributed by atoms with van der Waals surface area (Å²) < 4.78 is 15.3. The Labute approximate surface area is 181 Å². The molecule has 154 valence electrons. The number of nitrogens with zero attached hydrogens (tertiary/aromatic N) is 3. The predicted octanol–water partition coefficient (Wildman–Crippen LogP) is 4.63. The van der Waals surface area contributed by atoms with Crippen LogP contribution in [0.3, 0.4) is 0 Å². The maximum Gasteiger partial charge on any atom is 0.128 e. The van der Waals surface area contributed by atoms with Gasteiger partial charge in [0.25, 0.3) is 0 Å². The Bertz CT molecular complexity index is 1060. The van der Waals surface area contributed by atoms with Crippen LogP contribution in [0.2, 0.25) is 0 Å². The summed E-state index contributed by atoms with van der Waals surface area (Å²) in [6.45, 7) is 2.32. The van der Waals surface area contributed by atoms with Crippen LogP contribution >= 0.6 is 0 Å². The van der Waals surface area contributed by atoms with Gasteiger partial charge < -0.3 is 0 Å². The summed E-state index contributed by atoms with van der Waals surface area (Å²) in [5, 5.41) is 0. The van der Waals surface area contributed by atoms with E-state index in [-0.39, 0.29) is 0 Å². The third-order valence-electron chi connectivity index (χ3n) is 6.28. The van der Waals surface area contributed by atoms with E-state index >= 15 is 0 Å². The highest BCUT2D eigenvalue weighted by atomic mass is 32.2. The van der Waals surface area contributed by atoms with Gasteiger partial charge in [0.05, 0.1) is 16.6 Å². The lowest BCUT2D eigenvalue weighted by Gasteiger charge is -2.32. The molecule has 0 amide bonds. The van der Waals surface area contributed by atoms with Crippen molar-refractivity contribution in [3.05, 3.63) is 94.8 Å². The summed E-state index contributed by atoms with van der Waals surface area (Å²) >= 11 is 0. The lowest BCUT2D eigenvalue weighted by atomic mass is 9.91. The van der Waals surface area contributed by atoms with Crippen LogP contribution in [0.4, 0.5) is 0 Å². The second-order valence-corrected chi connectivity index (χ2v) is 9.82. The standard InChI is InChI=1S/C25H27N3OS/c1-27(24-13-5-10-20-11-6-14-26-25(20)24)16-19-7-4-12-23(15-19)30(29)28-17-21-8-2-3-9-22(21)18-28/h2-4,6-9,11-12,14-15,24H,5,10,13,16-18H2,1H3. The molecule has 0 spiro atoms. The zero-order valence-electron chi connectivity index (χ0n) is 17.3. The van der Waals surface area contributed by atoms with E-state index in [4.69, 9.17) is 0 Å². The Balaban J connectivity index is 1.31. The van der Waals surface area contributed by atoms with Crippen LogP contribution in [0.5, 0.6) is 0 Å². The molecular weight excluding hydrogens is 390 g/mol. The molecule has 2 atom stereocenters. The first-order chi connectivity index (χ1) is 14.7. The van der Waals surface area contributed by atoms with Gasteiger partial charge in [-0.25, -0.2) is 8.51 Å². The minimum Gasteiger partial charge on any atom is -0.294 e. The summed E-state index contributed by atoms with van der Waals surface area (Å²) in [5.41, 5.74) is 6.36. The summed E-state index contributed by atoms with van der Waals surface area (Å²) in [4.78, 5) is 7.96. The molecule has 2 heterocycles. The highest BCUT2D eigenvalue weighted by molar-refractivity contribution is 7.82. The molecule has 5 rings (SSSR count). The van der Waals surface area contributed by atoms with Crippen molar-refractivity contribution in [2.45, 2.75) is 49.8 Å². The first kappa shape index (κ1) is 19.6. The molecule has 0 bridgehead atoms. The quantitative estimate of drug-likeness (QED) is 0.607. The van der Waals surface area contributed by atoms with Crippen molar-refractivity contribution in [2.24, 2.45) is 0 Å². The van der Waals surface area contributed by atoms with Gasteiger partial charge in [0, 0.05) is 25.8 Å². The third-order valence-corrected chi connectivity index (χ3v) is 7.66. The Morgan fingerprint density at radius 2 is 1.80 bits per heavy atom. The van der Waals surface area contributed by atoms with E-state index in [2.05, 4.69) is 63.7 Å². The van der Waals surface area contributed by atoms with Crippen molar-refractivity contribution in [2.75, 3.05) is 7.05 Å². The molecule has 5 heteroatoms. The van der Waals surface area contributed by atoms with Crippen molar-refractivity contribution >= 4 is 11.0 Å². The van der Waals surface area contributed by atoms with Crippen LogP contribution in [0.1, 0.15) is 46.8 Å². The van der Waals surface area contributed by atoms with Crippen molar-refractivity contribution < 1.29 is 4.21 Å². The Hall–Kier alpha value is -2.34. The van der Waals surface area contributed by atoms with Gasteiger partial charge >= 0.3 is 0 Å². The van der Waals surface area contributed by atoms with E-state index < -0.39 is 11.0 Å². The van der Waals surface area contributed by atoms with Gasteiger partial charge in [-0.05, 0) is 66.8 Å². The summed E-state index contributed by atoms with van der Waals surface area (Å²) in [6.07, 6.45) is 5.37. The molecular formula is C25H27N3OS. The number of hydrogen-bond acceptors (Lipinski definition) is 3. The molecule has 0 radical (unpaired) electrons. The number of hydrogen-bond donors (Lipinski definition) is 0. The largest absolute Gasteiger partial charge is 0.294 e. The maximum atomic E-state index is 13.2. The average molecular weight is 418 g/mol. The lowest BCUT2D eigenvalue weighted by molar-refractivity contribution is 0.208. The Kier molecular flexibility index (Phi) is 5.50. The Morgan fingerprint density at radius 3 is 2.60 bits per heavy atom. The molecule has 2 unspecified atom stereocenters. The van der Waals surface area contributed by atoms with Gasteiger partial charge in [0.15, 0.2) is 0 Å². The fourth-order valence-electron chi connectivity index (χ4n) is 4.73. The van der Waals surface area contributed by atoms with E-state index in [9.17, 15) is 4.21 Å². The summed E-state index contributed by atoms with van der Waals surface area (Å²) in [6, 6.07) is 21.2. The van der Waals surface area contributed by atoms with Crippen LogP contribution in [-0.4, -0.2) is 25.4 Å². The molecule has 2 aliphatic rings. The number of benzene rings is 2. The normalized spacial score (nSPS) is 19.5. The van der Waals surface area contributed by atoms with E-state index in [1.807, 2.05) is 24.4 Å². The minimum atomic E-state index is -1.15. The SMILES string of the molecule is CN(Cc1cccc(S(=O)N2Cc3ccccc3C2)c1)C1CCCc2cccnc21. The van der Waals surface area contributed by atoms with Gasteiger partial charge in [-0.3, -0.25) is 9.88 Å². The average Bonchev–Trinajstić information content (AvgIpc) is 3.22. The van der Waals surface area contributed by atoms with E-state index in [1.54, 1.807) is 0 Å². The number of aryl methyl sites for hydroxylation is 1. The first-order valence-corrected chi connectivity index (χ1v) is 11.8. The molecule has 0 N–H and O–H groups in total. The first-order valence-electron chi connectivity index (χ1n) is 10.7. The molecule has 1 aliphatic carbocycles. The number of fused-ring (bicyclic) bond motifs is 2. The molecule has 1 aliphatic heterocycles. The molecule has 2 aromatic carbocycles. The second kappa shape index (κ2) is 8.42. The molecule has 4 nitrogen and oxygen atoms in total. The Morgan fingerprint density at radius 1 is 1.03 bits per heavy atom. The predicted molar refractivity (Wildman–Crippen MR) is 120 cm³/mol. The van der Waals surface area contributed by atoms with Crippen molar-refractivity contribution in [3.8, 4) is 0 Å². The summed E-state index contributed by atoms with van der Waals surface area (Å²) in [7, 11) is 1.03. The van der Waals surface area contributed by atoms with Crippen LogP contribution in [0.15, 0.2) is 71.8 Å². The van der Waals surface area contributed by atoms with Crippen molar-refractivity contribution in [1.29, 1.82) is 0 Å². The lowest BCUT2D eigenvalue weighted by Crippen LogP contribution is -2.28. The molecule has 0 saturated heterocycles. The topological polar surface area (TPSA) is 36.4 Å². The minimum absolute atomic E-state index is 0.345. The van der Waals surface area contributed by atoms with E-state index in [0.717, 1.165) is 37.4 Å². The van der Waals surface area contributed by atoms with Crippen molar-refractivity contribution in [3.63, 3.8) is 0 Å². The number of rotatable bonds is 5. The molecule has 0 saturated carbocycles. The van der Waals surface area contributed by atoms with Gasteiger partial charge in [-0.1, -0.05) is 42.5 Å². The zero-order valence-corrected chi connectivity index (χ0v) is 18.1. The third kappa shape index (κ3) is 3.85. The zero-order chi connectivity index (χ0) is 20.5. The van der Waals surface area contributed by atoms with Gasteiger partial charge in [0.1, 0.15) is 11.0 Å². The van der Waals surface area contributed by atoms with Gasteiger partial charge in [-0.15, -0.1) is 0 Å². The van der Waals surface area contributed by atoms with Crippen molar-refractivity contribution in [1.82, 2.24) is 14.2 Å². The van der Waals surface area contributed by atoms with E-state index in [1.165, 1.54) is 34.4 Å². The van der Waals surface area contributed by atoms with E-state index in [0.29, 0.717) is 6.04 Å². The van der Waals surface area contributed by atoms with Crippen LogP contribution in [0.25, 0.3) is 0 Å². The number of pyridine rings is 1. The van der Waals surface area contributed by atoms with Crippen LogP contribution in [0, 0.1) is 0 Å². The monoisotopic (exact) mass is 417 g/mol. The fourth-order valence-corrected chi connectivity index (χ4v) is 5.99. The smallest absolute Gasteiger partial charge is 0.128 e. The van der Waals surface area contributed by atoms with Crippen LogP contribution in [-0.2, 0) is 37.0 Å². The highest BCUT2D eigenvalue weighted by Crippen LogP contribution is 2.33. The molecule has 30 heavy (non-hydrogen) atoms. The summed E-state index contributed by atoms with van der Waals surface area (Å²) in [5.74, 6) is 0. The van der Waals surface area contributed by atoms with Crippen LogP contribution < -0.4 is 0 Å². The second-order valence-electron chi connectivity index (χ2n) is 8.33. The highest BCUT2D eigenvalue weighted by Gasteiger charge is 2.26.